The summed E-state index contributed by atoms with van der Waals surface area (Å²) >= 11 is 0. The molecule has 27 rings (SSSR count). The first-order chi connectivity index (χ1) is 71.4. The van der Waals surface area contributed by atoms with E-state index in [4.69, 9.17) is 24.9 Å². The highest BCUT2D eigenvalue weighted by molar-refractivity contribution is 6.29. The van der Waals surface area contributed by atoms with Gasteiger partial charge in [-0.1, -0.05) is 473 Å². The van der Waals surface area contributed by atoms with Crippen molar-refractivity contribution in [2.75, 3.05) is 0 Å². The number of nitrogens with zero attached hydrogens (tertiary/aromatic N) is 7. The lowest BCUT2D eigenvalue weighted by atomic mass is 9.88. The van der Waals surface area contributed by atoms with Crippen LogP contribution < -0.4 is 0 Å². The standard InChI is InChI=1S/2C46H30N2.C45H29N3/c1-2-13-31(14-3-1)32-15-12-16-34(27-32)45-29-46(48-30-47-45)43-24-11-10-22-40(43)36-18-5-4-17-35(36)33-25-26-42-39-21-7-6-19-37(39)38-20-8-9-23-41(38)44(42)28-33;1-2-13-31(14-3-1)32-15-12-16-34(29-32)45-27-28-47-46(48-45)43-24-11-10-22-40(43)36-18-5-4-17-35(36)33-25-26-42-39-21-7-6-19-37(39)38-20-8-9-23-41(38)44(42)30-33;1-2-13-30(14-3-1)31-15-12-16-33(27-31)44-46-29-47-45(48-44)42-24-11-10-22-39(42)35-18-5-4-17-34(35)32-25-26-41-38-21-7-6-19-36(38)37-20-8-9-23-40(37)43(41)28-32/h2*1-30H;1-29H. The van der Waals surface area contributed by atoms with Crippen LogP contribution >= 0.6 is 0 Å². The first kappa shape index (κ1) is 86.4. The summed E-state index contributed by atoms with van der Waals surface area (Å²) in [6, 6.07) is 186. The predicted octanol–water partition coefficient (Wildman–Crippen LogP) is 36.2. The fraction of sp³-hybridized carbons (Fsp3) is 0. The third-order valence-corrected chi connectivity index (χ3v) is 28.0. The molecule has 0 saturated heterocycles. The number of fused-ring (bicyclic) bond motifs is 18. The van der Waals surface area contributed by atoms with Crippen molar-refractivity contribution in [1.82, 2.24) is 34.9 Å². The molecule has 0 aliphatic heterocycles. The van der Waals surface area contributed by atoms with Crippen molar-refractivity contribution < 1.29 is 0 Å². The van der Waals surface area contributed by atoms with Crippen LogP contribution in [0, 0.1) is 0 Å². The van der Waals surface area contributed by atoms with Crippen molar-refractivity contribution in [2.24, 2.45) is 0 Å². The Hall–Kier alpha value is -19.2. The minimum absolute atomic E-state index is 0.645. The van der Waals surface area contributed by atoms with Crippen LogP contribution in [0.25, 0.3) is 265 Å². The third-order valence-electron chi connectivity index (χ3n) is 28.0. The predicted molar refractivity (Wildman–Crippen MR) is 603 cm³/mol. The zero-order valence-corrected chi connectivity index (χ0v) is 78.5. The Morgan fingerprint density at radius 2 is 0.347 bits per heavy atom. The van der Waals surface area contributed by atoms with E-state index in [1.807, 2.05) is 36.5 Å². The summed E-state index contributed by atoms with van der Waals surface area (Å²) in [6.07, 6.45) is 5.17. The monoisotopic (exact) mass is 1830 g/mol. The lowest BCUT2D eigenvalue weighted by molar-refractivity contribution is 1.07. The van der Waals surface area contributed by atoms with E-state index in [1.165, 1.54) is 153 Å². The largest absolute Gasteiger partial charge is 0.237 e. The molecule has 0 aliphatic carbocycles. The van der Waals surface area contributed by atoms with E-state index in [1.54, 1.807) is 12.7 Å². The summed E-state index contributed by atoms with van der Waals surface area (Å²) in [5.74, 6) is 2.00. The van der Waals surface area contributed by atoms with Crippen LogP contribution in [0.2, 0.25) is 0 Å². The second kappa shape index (κ2) is 38.3. The molecule has 0 spiro atoms. The Kier molecular flexibility index (Phi) is 23.0. The van der Waals surface area contributed by atoms with E-state index < -0.39 is 0 Å². The van der Waals surface area contributed by atoms with Gasteiger partial charge in [-0.15, -0.1) is 0 Å². The van der Waals surface area contributed by atoms with Gasteiger partial charge in [0.1, 0.15) is 12.7 Å². The van der Waals surface area contributed by atoms with Gasteiger partial charge in [0.2, 0.25) is 0 Å². The molecule has 3 aromatic heterocycles. The molecule has 0 aliphatic rings. The van der Waals surface area contributed by atoms with Crippen molar-refractivity contribution in [3.8, 4) is 168 Å². The highest BCUT2D eigenvalue weighted by Crippen LogP contribution is 2.48. The maximum Gasteiger partial charge on any atom is 0.163 e. The second-order valence-electron chi connectivity index (χ2n) is 36.4. The number of hydrogen-bond acceptors (Lipinski definition) is 7. The molecular formula is C137H89N7. The Labute approximate surface area is 834 Å². The lowest BCUT2D eigenvalue weighted by Gasteiger charge is -2.16. The summed E-state index contributed by atoms with van der Waals surface area (Å²) in [5.41, 5.74) is 29.6. The number of rotatable bonds is 15. The van der Waals surface area contributed by atoms with Crippen LogP contribution in [0.4, 0.5) is 0 Å². The Bertz CT molecular complexity index is 8630. The molecule has 672 valence electrons. The van der Waals surface area contributed by atoms with Crippen molar-refractivity contribution in [3.63, 3.8) is 0 Å². The fourth-order valence-corrected chi connectivity index (χ4v) is 21.2. The molecular weight excluding hydrogens is 1740 g/mol. The molecule has 0 atom stereocenters. The Morgan fingerprint density at radius 1 is 0.104 bits per heavy atom. The van der Waals surface area contributed by atoms with Crippen molar-refractivity contribution in [2.45, 2.75) is 0 Å². The van der Waals surface area contributed by atoms with Gasteiger partial charge in [-0.2, -0.15) is 0 Å². The highest BCUT2D eigenvalue weighted by Gasteiger charge is 2.23. The lowest BCUT2D eigenvalue weighted by Crippen LogP contribution is -1.97. The topological polar surface area (TPSA) is 90.2 Å². The number of benzene rings is 24. The SMILES string of the molecule is c1ccc(-c2cccc(-c3cc(-c4ccccc4-c4ccccc4-c4ccc5c6ccccc6c6ccccc6c5c4)ncn3)c2)cc1.c1ccc(-c2cccc(-c3ccnc(-c4ccccc4-c4ccccc4-c4ccc5c6ccccc6c6ccccc6c5c4)n3)c2)cc1.c1ccc(-c2cccc(-c3ncnc(-c4ccccc4-c4ccccc4-c4ccc5c6ccccc6c6ccccc6c5c4)n3)c2)cc1. The maximum atomic E-state index is 5.13. The molecule has 0 amide bonds. The molecule has 7 nitrogen and oxygen atoms in total. The third kappa shape index (κ3) is 16.5. The highest BCUT2D eigenvalue weighted by atomic mass is 15.0. The molecule has 24 aromatic carbocycles. The summed E-state index contributed by atoms with van der Waals surface area (Å²) in [7, 11) is 0. The van der Waals surface area contributed by atoms with Crippen LogP contribution in [0.15, 0.2) is 541 Å². The van der Waals surface area contributed by atoms with Crippen LogP contribution in [0.5, 0.6) is 0 Å². The summed E-state index contributed by atoms with van der Waals surface area (Å²) in [5, 5.41) is 22.9. The first-order valence-electron chi connectivity index (χ1n) is 48.8. The van der Waals surface area contributed by atoms with Crippen LogP contribution in [0.3, 0.4) is 0 Å². The average molecular weight is 1830 g/mol. The van der Waals surface area contributed by atoms with Gasteiger partial charge in [-0.25, -0.2) is 34.9 Å². The Morgan fingerprint density at radius 3 is 0.715 bits per heavy atom. The summed E-state index contributed by atoms with van der Waals surface area (Å²) in [4.78, 5) is 33.7. The van der Waals surface area contributed by atoms with Crippen LogP contribution in [0.1, 0.15) is 0 Å². The molecule has 0 saturated carbocycles. The zero-order valence-electron chi connectivity index (χ0n) is 78.5. The smallest absolute Gasteiger partial charge is 0.163 e. The molecule has 7 heteroatoms. The fourth-order valence-electron chi connectivity index (χ4n) is 21.2. The average Bonchev–Trinajstić information content (AvgIpc) is 0.743. The minimum atomic E-state index is 0.645. The quantitative estimate of drug-likeness (QED) is 0.0945. The number of aromatic nitrogens is 7. The molecule has 0 radical (unpaired) electrons. The Balaban J connectivity index is 0.000000113. The van der Waals surface area contributed by atoms with E-state index in [9.17, 15) is 0 Å². The first-order valence-corrected chi connectivity index (χ1v) is 48.8. The molecule has 0 N–H and O–H groups in total. The van der Waals surface area contributed by atoms with Crippen LogP contribution in [-0.2, 0) is 0 Å². The van der Waals surface area contributed by atoms with Gasteiger partial charge < -0.3 is 0 Å². The van der Waals surface area contributed by atoms with E-state index in [2.05, 4.69) is 501 Å². The summed E-state index contributed by atoms with van der Waals surface area (Å²) < 4.78 is 0. The number of hydrogen-bond donors (Lipinski definition) is 0. The molecule has 144 heavy (non-hydrogen) atoms. The maximum absolute atomic E-state index is 5.13. The van der Waals surface area contributed by atoms with E-state index in [-0.39, 0.29) is 0 Å². The molecule has 3 heterocycles. The van der Waals surface area contributed by atoms with Gasteiger partial charge in [-0.3, -0.25) is 0 Å². The van der Waals surface area contributed by atoms with E-state index in [0.29, 0.717) is 17.5 Å². The van der Waals surface area contributed by atoms with Crippen molar-refractivity contribution in [3.05, 3.63) is 541 Å². The van der Waals surface area contributed by atoms with Gasteiger partial charge in [0, 0.05) is 39.6 Å². The van der Waals surface area contributed by atoms with E-state index in [0.717, 1.165) is 95.0 Å². The van der Waals surface area contributed by atoms with Crippen molar-refractivity contribution in [1.29, 1.82) is 0 Å². The van der Waals surface area contributed by atoms with Crippen molar-refractivity contribution >= 4 is 97.0 Å². The molecule has 0 unspecified atom stereocenters. The minimum Gasteiger partial charge on any atom is -0.237 e. The summed E-state index contributed by atoms with van der Waals surface area (Å²) in [6.45, 7) is 0. The molecule has 0 bridgehead atoms. The van der Waals surface area contributed by atoms with Gasteiger partial charge in [0.25, 0.3) is 0 Å². The molecule has 27 aromatic rings. The van der Waals surface area contributed by atoms with Gasteiger partial charge in [0.15, 0.2) is 17.5 Å². The zero-order chi connectivity index (χ0) is 95.6. The van der Waals surface area contributed by atoms with Gasteiger partial charge in [-0.05, 0) is 246 Å². The van der Waals surface area contributed by atoms with Crippen LogP contribution in [-0.4, -0.2) is 34.9 Å². The molecule has 0 fully saturated rings. The van der Waals surface area contributed by atoms with Gasteiger partial charge >= 0.3 is 0 Å². The van der Waals surface area contributed by atoms with E-state index >= 15 is 0 Å². The second-order valence-corrected chi connectivity index (χ2v) is 36.4. The van der Waals surface area contributed by atoms with Gasteiger partial charge in [0.05, 0.1) is 17.1 Å². The normalized spacial score (nSPS) is 11.3.